The number of rotatable bonds is 0. The van der Waals surface area contributed by atoms with Gasteiger partial charge in [-0.2, -0.15) is 0 Å². The normalized spacial score (nSPS) is 26.8. The Morgan fingerprint density at radius 3 is 3.00 bits per heavy atom. The Morgan fingerprint density at radius 2 is 2.62 bits per heavy atom. The van der Waals surface area contributed by atoms with Gasteiger partial charge < -0.3 is 5.32 Å². The molecule has 8 heavy (non-hydrogen) atoms. The van der Waals surface area contributed by atoms with Gasteiger partial charge in [-0.3, -0.25) is 4.99 Å². The van der Waals surface area contributed by atoms with Crippen LogP contribution in [0.15, 0.2) is 16.2 Å². The van der Waals surface area contributed by atoms with Crippen molar-refractivity contribution in [3.63, 3.8) is 0 Å². The number of aliphatic imine (C=N–C) groups is 1. The molecule has 3 heteroatoms. The largest absolute Gasteiger partial charge is 0.381 e. The number of nitrogens with zero attached hydrogens (tertiary/aromatic N) is 1. The van der Waals surface area contributed by atoms with Gasteiger partial charge in [0.1, 0.15) is 5.03 Å². The Hall–Kier alpha value is -0.440. The van der Waals surface area contributed by atoms with Crippen LogP contribution in [0.4, 0.5) is 0 Å². The summed E-state index contributed by atoms with van der Waals surface area (Å²) in [4.78, 5) is 3.95. The molecule has 0 fully saturated rings. The van der Waals surface area contributed by atoms with Gasteiger partial charge in [0.25, 0.3) is 0 Å². The number of hydrogen-bond acceptors (Lipinski definition) is 3. The van der Waals surface area contributed by atoms with Gasteiger partial charge >= 0.3 is 0 Å². The van der Waals surface area contributed by atoms with Crippen LogP contribution in [0.3, 0.4) is 0 Å². The van der Waals surface area contributed by atoms with Gasteiger partial charge in [0, 0.05) is 12.4 Å². The molecule has 0 bridgehead atoms. The van der Waals surface area contributed by atoms with Crippen molar-refractivity contribution in [3.8, 4) is 0 Å². The summed E-state index contributed by atoms with van der Waals surface area (Å²) in [5.74, 6) is 0. The van der Waals surface area contributed by atoms with Gasteiger partial charge in [-0.1, -0.05) is 0 Å². The summed E-state index contributed by atoms with van der Waals surface area (Å²) >= 11 is 4.00. The van der Waals surface area contributed by atoms with E-state index in [4.69, 9.17) is 0 Å². The molecule has 1 rings (SSSR count). The van der Waals surface area contributed by atoms with Crippen LogP contribution in [-0.4, -0.2) is 12.3 Å². The molecular formula is C5H8N2S. The van der Waals surface area contributed by atoms with Gasteiger partial charge in [-0.25, -0.2) is 0 Å². The SMILES string of the molecule is CC1C=NC(S)=CN1. The fourth-order valence-corrected chi connectivity index (χ4v) is 0.616. The van der Waals surface area contributed by atoms with E-state index in [1.54, 1.807) is 6.20 Å². The third-order valence-electron chi connectivity index (χ3n) is 0.906. The second kappa shape index (κ2) is 2.22. The molecule has 44 valence electrons. The fourth-order valence-electron chi connectivity index (χ4n) is 0.474. The van der Waals surface area contributed by atoms with Crippen LogP contribution >= 0.6 is 12.6 Å². The Labute approximate surface area is 54.1 Å². The van der Waals surface area contributed by atoms with Crippen molar-refractivity contribution < 1.29 is 0 Å². The van der Waals surface area contributed by atoms with E-state index in [0.717, 1.165) is 5.03 Å². The molecule has 0 aromatic carbocycles. The zero-order chi connectivity index (χ0) is 5.98. The van der Waals surface area contributed by atoms with Gasteiger partial charge in [0.15, 0.2) is 0 Å². The van der Waals surface area contributed by atoms with Crippen LogP contribution in [0.5, 0.6) is 0 Å². The minimum absolute atomic E-state index is 0.353. The van der Waals surface area contributed by atoms with E-state index < -0.39 is 0 Å². The second-order valence-corrected chi connectivity index (χ2v) is 2.19. The monoisotopic (exact) mass is 128 g/mol. The maximum atomic E-state index is 4.00. The molecule has 1 aliphatic rings. The summed E-state index contributed by atoms with van der Waals surface area (Å²) in [7, 11) is 0. The maximum Gasteiger partial charge on any atom is 0.108 e. The van der Waals surface area contributed by atoms with E-state index in [0.29, 0.717) is 6.04 Å². The van der Waals surface area contributed by atoms with Crippen LogP contribution < -0.4 is 5.32 Å². The highest BCUT2D eigenvalue weighted by molar-refractivity contribution is 7.84. The predicted octanol–water partition coefficient (Wildman–Crippen LogP) is 0.778. The lowest BCUT2D eigenvalue weighted by molar-refractivity contribution is 0.804. The molecule has 0 saturated carbocycles. The van der Waals surface area contributed by atoms with Crippen LogP contribution in [0.25, 0.3) is 0 Å². The molecule has 0 amide bonds. The van der Waals surface area contributed by atoms with E-state index in [1.165, 1.54) is 0 Å². The van der Waals surface area contributed by atoms with Gasteiger partial charge in [0.05, 0.1) is 6.04 Å². The van der Waals surface area contributed by atoms with Crippen LogP contribution in [0, 0.1) is 0 Å². The van der Waals surface area contributed by atoms with Crippen molar-refractivity contribution in [1.82, 2.24) is 5.32 Å². The molecule has 1 heterocycles. The van der Waals surface area contributed by atoms with Crippen molar-refractivity contribution in [2.45, 2.75) is 13.0 Å². The van der Waals surface area contributed by atoms with Crippen LogP contribution in [0.2, 0.25) is 0 Å². The van der Waals surface area contributed by atoms with Crippen molar-refractivity contribution in [2.24, 2.45) is 4.99 Å². The molecule has 0 saturated heterocycles. The smallest absolute Gasteiger partial charge is 0.108 e. The first-order valence-corrected chi connectivity index (χ1v) is 2.93. The standard InChI is InChI=1S/C5H8N2S/c1-4-2-7-5(8)3-6-4/h2-4,6,8H,1H3. The third-order valence-corrected chi connectivity index (χ3v) is 1.15. The number of nitrogens with one attached hydrogen (secondary N) is 1. The van der Waals surface area contributed by atoms with Crippen molar-refractivity contribution in [2.75, 3.05) is 0 Å². The van der Waals surface area contributed by atoms with E-state index >= 15 is 0 Å². The molecule has 1 atom stereocenters. The first kappa shape index (κ1) is 5.69. The third kappa shape index (κ3) is 1.26. The first-order valence-electron chi connectivity index (χ1n) is 2.48. The Kier molecular flexibility index (Phi) is 1.58. The Bertz CT molecular complexity index is 139. The number of thiol groups is 1. The highest BCUT2D eigenvalue weighted by Crippen LogP contribution is 2.02. The van der Waals surface area contributed by atoms with Crippen LogP contribution in [0.1, 0.15) is 6.92 Å². The number of hydrogen-bond donors (Lipinski definition) is 2. The molecule has 0 spiro atoms. The van der Waals surface area contributed by atoms with Crippen molar-refractivity contribution in [1.29, 1.82) is 0 Å². The molecule has 1 N–H and O–H groups in total. The van der Waals surface area contributed by atoms with Gasteiger partial charge in [0.2, 0.25) is 0 Å². The van der Waals surface area contributed by atoms with Gasteiger partial charge in [-0.15, -0.1) is 12.6 Å². The van der Waals surface area contributed by atoms with E-state index in [9.17, 15) is 0 Å². The Morgan fingerprint density at radius 1 is 1.88 bits per heavy atom. The Balaban J connectivity index is 2.58. The van der Waals surface area contributed by atoms with E-state index in [1.807, 2.05) is 13.1 Å². The zero-order valence-corrected chi connectivity index (χ0v) is 5.52. The average molecular weight is 128 g/mol. The molecule has 0 aliphatic carbocycles. The average Bonchev–Trinajstić information content (AvgIpc) is 1.77. The lowest BCUT2D eigenvalue weighted by atomic mass is 10.4. The van der Waals surface area contributed by atoms with Crippen molar-refractivity contribution in [3.05, 3.63) is 11.2 Å². The van der Waals surface area contributed by atoms with Crippen molar-refractivity contribution >= 4 is 18.8 Å². The minimum atomic E-state index is 0.353. The topological polar surface area (TPSA) is 24.4 Å². The maximum absolute atomic E-state index is 4.00. The minimum Gasteiger partial charge on any atom is -0.381 e. The quantitative estimate of drug-likeness (QED) is 0.463. The summed E-state index contributed by atoms with van der Waals surface area (Å²) < 4.78 is 0. The van der Waals surface area contributed by atoms with Gasteiger partial charge in [-0.05, 0) is 6.92 Å². The van der Waals surface area contributed by atoms with E-state index in [2.05, 4.69) is 22.9 Å². The summed E-state index contributed by atoms with van der Waals surface area (Å²) in [5, 5.41) is 3.78. The lowest BCUT2D eigenvalue weighted by Gasteiger charge is -2.09. The molecule has 1 aliphatic heterocycles. The molecular weight excluding hydrogens is 120 g/mol. The fraction of sp³-hybridized carbons (Fsp3) is 0.400. The molecule has 0 aromatic rings. The first-order chi connectivity index (χ1) is 3.79. The molecule has 1 unspecified atom stereocenters. The lowest BCUT2D eigenvalue weighted by Crippen LogP contribution is -2.24. The summed E-state index contributed by atoms with van der Waals surface area (Å²) in [5.41, 5.74) is 0. The summed E-state index contributed by atoms with van der Waals surface area (Å²) in [6, 6.07) is 0.353. The van der Waals surface area contributed by atoms with Crippen LogP contribution in [-0.2, 0) is 0 Å². The molecule has 2 nitrogen and oxygen atoms in total. The summed E-state index contributed by atoms with van der Waals surface area (Å²) in [6.45, 7) is 2.03. The van der Waals surface area contributed by atoms with E-state index in [-0.39, 0.29) is 0 Å². The molecule has 0 radical (unpaired) electrons. The zero-order valence-electron chi connectivity index (χ0n) is 4.63. The molecule has 0 aromatic heterocycles. The summed E-state index contributed by atoms with van der Waals surface area (Å²) in [6.07, 6.45) is 3.61. The second-order valence-electron chi connectivity index (χ2n) is 1.74. The predicted molar refractivity (Wildman–Crippen MR) is 38.2 cm³/mol. The highest BCUT2D eigenvalue weighted by atomic mass is 32.1. The highest BCUT2D eigenvalue weighted by Gasteiger charge is 1.97.